The van der Waals surface area contributed by atoms with Crippen molar-refractivity contribution in [3.8, 4) is 0 Å². The van der Waals surface area contributed by atoms with Gasteiger partial charge in [0.05, 0.1) is 5.60 Å². The van der Waals surface area contributed by atoms with Gasteiger partial charge in [0, 0.05) is 25.6 Å². The predicted octanol–water partition coefficient (Wildman–Crippen LogP) is 0.542. The molecule has 0 aromatic rings. The molecule has 1 saturated carbocycles. The molecule has 5 nitrogen and oxygen atoms in total. The number of methoxy groups -OCH3 is 1. The average Bonchev–Trinajstić information content (AvgIpc) is 2.65. The van der Waals surface area contributed by atoms with Crippen LogP contribution in [-0.2, 0) is 19.1 Å². The quantitative estimate of drug-likeness (QED) is 0.383. The topological polar surface area (TPSA) is 72.8 Å². The van der Waals surface area contributed by atoms with E-state index in [1.165, 1.54) is 7.11 Å². The number of aldehydes is 2. The van der Waals surface area contributed by atoms with Crippen molar-refractivity contribution < 1.29 is 24.2 Å². The van der Waals surface area contributed by atoms with Crippen LogP contribution in [0.15, 0.2) is 0 Å². The van der Waals surface area contributed by atoms with Crippen LogP contribution in [0, 0.1) is 11.8 Å². The third-order valence-corrected chi connectivity index (χ3v) is 3.47. The highest BCUT2D eigenvalue weighted by Gasteiger charge is 2.48. The fraction of sp³-hybridized carbons (Fsp3) is 0.833. The number of hydrogen-bond donors (Lipinski definition) is 1. The van der Waals surface area contributed by atoms with E-state index in [9.17, 15) is 14.7 Å². The first-order valence-corrected chi connectivity index (χ1v) is 5.88. The normalized spacial score (nSPS) is 32.6. The Morgan fingerprint density at radius 1 is 1.29 bits per heavy atom. The SMILES string of the molecule is COCOCCCC1(O)[C@H](C=O)CC[C@@H]1C=O. The largest absolute Gasteiger partial charge is 0.388 e. The zero-order chi connectivity index (χ0) is 12.7. The molecule has 0 aromatic carbocycles. The first-order valence-electron chi connectivity index (χ1n) is 5.88. The molecule has 98 valence electrons. The number of ether oxygens (including phenoxy) is 2. The molecule has 1 unspecified atom stereocenters. The van der Waals surface area contributed by atoms with Crippen molar-refractivity contribution >= 4 is 12.6 Å². The summed E-state index contributed by atoms with van der Waals surface area (Å²) in [7, 11) is 1.54. The highest BCUT2D eigenvalue weighted by atomic mass is 16.7. The minimum atomic E-state index is -1.18. The van der Waals surface area contributed by atoms with E-state index >= 15 is 0 Å². The van der Waals surface area contributed by atoms with Crippen molar-refractivity contribution in [3.05, 3.63) is 0 Å². The summed E-state index contributed by atoms with van der Waals surface area (Å²) >= 11 is 0. The van der Waals surface area contributed by atoms with Crippen LogP contribution in [0.4, 0.5) is 0 Å². The van der Waals surface area contributed by atoms with E-state index in [2.05, 4.69) is 0 Å². The highest BCUT2D eigenvalue weighted by molar-refractivity contribution is 5.64. The third kappa shape index (κ3) is 3.34. The maximum atomic E-state index is 10.9. The molecule has 0 amide bonds. The second kappa shape index (κ2) is 6.83. The Morgan fingerprint density at radius 2 is 1.88 bits per heavy atom. The molecule has 0 radical (unpaired) electrons. The van der Waals surface area contributed by atoms with E-state index in [4.69, 9.17) is 9.47 Å². The first-order chi connectivity index (χ1) is 8.19. The van der Waals surface area contributed by atoms with Crippen molar-refractivity contribution in [1.82, 2.24) is 0 Å². The van der Waals surface area contributed by atoms with Crippen molar-refractivity contribution in [1.29, 1.82) is 0 Å². The lowest BCUT2D eigenvalue weighted by Crippen LogP contribution is -2.41. The Bertz CT molecular complexity index is 237. The van der Waals surface area contributed by atoms with Gasteiger partial charge in [0.25, 0.3) is 0 Å². The zero-order valence-corrected chi connectivity index (χ0v) is 10.1. The van der Waals surface area contributed by atoms with Crippen LogP contribution < -0.4 is 0 Å². The van der Waals surface area contributed by atoms with E-state index < -0.39 is 17.4 Å². The number of aliphatic hydroxyl groups is 1. The molecule has 0 bridgehead atoms. The van der Waals surface area contributed by atoms with Gasteiger partial charge in [0.15, 0.2) is 0 Å². The molecule has 0 aromatic heterocycles. The lowest BCUT2D eigenvalue weighted by Gasteiger charge is -2.30. The molecular weight excluding hydrogens is 224 g/mol. The number of hydrogen-bond acceptors (Lipinski definition) is 5. The molecule has 17 heavy (non-hydrogen) atoms. The van der Waals surface area contributed by atoms with Gasteiger partial charge in [-0.15, -0.1) is 0 Å². The predicted molar refractivity (Wildman–Crippen MR) is 60.4 cm³/mol. The second-order valence-corrected chi connectivity index (χ2v) is 4.47. The van der Waals surface area contributed by atoms with Crippen molar-refractivity contribution in [2.75, 3.05) is 20.5 Å². The van der Waals surface area contributed by atoms with Gasteiger partial charge in [0.1, 0.15) is 19.4 Å². The van der Waals surface area contributed by atoms with E-state index in [-0.39, 0.29) is 6.79 Å². The first kappa shape index (κ1) is 14.3. The Hall–Kier alpha value is -0.780. The van der Waals surface area contributed by atoms with E-state index in [1.54, 1.807) is 0 Å². The van der Waals surface area contributed by atoms with Gasteiger partial charge < -0.3 is 24.2 Å². The van der Waals surface area contributed by atoms with Crippen LogP contribution in [-0.4, -0.2) is 43.8 Å². The molecule has 0 saturated heterocycles. The number of carbonyl (C=O) groups is 2. The number of carbonyl (C=O) groups excluding carboxylic acids is 2. The van der Waals surface area contributed by atoms with Gasteiger partial charge in [-0.3, -0.25) is 0 Å². The summed E-state index contributed by atoms with van der Waals surface area (Å²) in [5.41, 5.74) is -1.18. The molecule has 0 heterocycles. The lowest BCUT2D eigenvalue weighted by atomic mass is 9.81. The summed E-state index contributed by atoms with van der Waals surface area (Å²) in [4.78, 5) is 21.8. The minimum Gasteiger partial charge on any atom is -0.388 e. The molecule has 5 heteroatoms. The Morgan fingerprint density at radius 3 is 2.35 bits per heavy atom. The summed E-state index contributed by atoms with van der Waals surface area (Å²) < 4.78 is 9.84. The van der Waals surface area contributed by atoms with Gasteiger partial charge in [-0.05, 0) is 25.7 Å². The summed E-state index contributed by atoms with van der Waals surface area (Å²) in [6, 6.07) is 0. The second-order valence-electron chi connectivity index (χ2n) is 4.47. The van der Waals surface area contributed by atoms with Crippen molar-refractivity contribution in [3.63, 3.8) is 0 Å². The molecule has 1 fully saturated rings. The van der Waals surface area contributed by atoms with Crippen molar-refractivity contribution in [2.24, 2.45) is 11.8 Å². The molecular formula is C12H20O5. The lowest BCUT2D eigenvalue weighted by molar-refractivity contribution is -0.128. The van der Waals surface area contributed by atoms with Crippen LogP contribution in [0.1, 0.15) is 25.7 Å². The highest BCUT2D eigenvalue weighted by Crippen LogP contribution is 2.41. The summed E-state index contributed by atoms with van der Waals surface area (Å²) in [5, 5.41) is 10.4. The maximum Gasteiger partial charge on any atom is 0.146 e. The van der Waals surface area contributed by atoms with Crippen LogP contribution in [0.2, 0.25) is 0 Å². The van der Waals surface area contributed by atoms with Gasteiger partial charge >= 0.3 is 0 Å². The minimum absolute atomic E-state index is 0.215. The summed E-state index contributed by atoms with van der Waals surface area (Å²) in [5.74, 6) is -0.861. The Balaban J connectivity index is 2.45. The third-order valence-electron chi connectivity index (χ3n) is 3.47. The van der Waals surface area contributed by atoms with Crippen LogP contribution in [0.5, 0.6) is 0 Å². The monoisotopic (exact) mass is 244 g/mol. The summed E-state index contributed by atoms with van der Waals surface area (Å²) in [6.07, 6.45) is 3.71. The molecule has 1 aliphatic rings. The van der Waals surface area contributed by atoms with Crippen LogP contribution in [0.25, 0.3) is 0 Å². The molecule has 1 rings (SSSR count). The van der Waals surface area contributed by atoms with E-state index in [0.29, 0.717) is 32.3 Å². The van der Waals surface area contributed by atoms with Crippen LogP contribution in [0.3, 0.4) is 0 Å². The maximum absolute atomic E-state index is 10.9. The zero-order valence-electron chi connectivity index (χ0n) is 10.1. The van der Waals surface area contributed by atoms with E-state index in [1.807, 2.05) is 0 Å². The fourth-order valence-corrected chi connectivity index (χ4v) is 2.48. The van der Waals surface area contributed by atoms with Crippen LogP contribution >= 0.6 is 0 Å². The van der Waals surface area contributed by atoms with Crippen molar-refractivity contribution in [2.45, 2.75) is 31.3 Å². The van der Waals surface area contributed by atoms with Gasteiger partial charge in [-0.25, -0.2) is 0 Å². The molecule has 1 N–H and O–H groups in total. The molecule has 1 aliphatic carbocycles. The summed E-state index contributed by atoms with van der Waals surface area (Å²) in [6.45, 7) is 0.667. The fourth-order valence-electron chi connectivity index (χ4n) is 2.48. The smallest absolute Gasteiger partial charge is 0.146 e. The number of rotatable bonds is 8. The Labute approximate surface area is 101 Å². The van der Waals surface area contributed by atoms with E-state index in [0.717, 1.165) is 12.6 Å². The molecule has 0 spiro atoms. The average molecular weight is 244 g/mol. The van der Waals surface area contributed by atoms with Gasteiger partial charge in [-0.1, -0.05) is 0 Å². The van der Waals surface area contributed by atoms with Gasteiger partial charge in [0.2, 0.25) is 0 Å². The Kier molecular flexibility index (Phi) is 5.74. The molecule has 3 atom stereocenters. The molecule has 0 aliphatic heterocycles. The van der Waals surface area contributed by atoms with Gasteiger partial charge in [-0.2, -0.15) is 0 Å². The standard InChI is InChI=1S/C12H20O5/c1-16-9-17-6-2-5-12(15)10(7-13)3-4-11(12)8-14/h7-8,10-11,15H,2-6,9H2,1H3/t10-,11+,12?.